The largest absolute Gasteiger partial charge is 0.387 e. The molecule has 1 amide bonds. The molecule has 0 bridgehead atoms. The molecule has 0 saturated carbocycles. The fourth-order valence-corrected chi connectivity index (χ4v) is 1.54. The second kappa shape index (κ2) is 7.07. The Labute approximate surface area is 103 Å². The highest BCUT2D eigenvalue weighted by Crippen LogP contribution is 2.12. The molecule has 0 aliphatic carbocycles. The minimum absolute atomic E-state index is 0.0120. The fraction of sp³-hybridized carbons (Fsp3) is 0.500. The summed E-state index contributed by atoms with van der Waals surface area (Å²) in [4.78, 5) is 11.4. The molecule has 0 aromatic heterocycles. The van der Waals surface area contributed by atoms with E-state index >= 15 is 0 Å². The van der Waals surface area contributed by atoms with E-state index in [1.807, 2.05) is 31.2 Å². The van der Waals surface area contributed by atoms with Crippen LogP contribution in [0.4, 0.5) is 0 Å². The van der Waals surface area contributed by atoms with Crippen molar-refractivity contribution in [1.29, 1.82) is 0 Å². The summed E-state index contributed by atoms with van der Waals surface area (Å²) in [6.07, 6.45) is 1.82. The summed E-state index contributed by atoms with van der Waals surface area (Å²) >= 11 is 0. The number of nitrogens with one attached hydrogen (secondary N) is 1. The van der Waals surface area contributed by atoms with Gasteiger partial charge >= 0.3 is 0 Å². The van der Waals surface area contributed by atoms with E-state index in [1.54, 1.807) is 0 Å². The van der Waals surface area contributed by atoms with Gasteiger partial charge in [-0.2, -0.15) is 0 Å². The van der Waals surface area contributed by atoms with Crippen molar-refractivity contribution in [3.63, 3.8) is 0 Å². The highest BCUT2D eigenvalue weighted by molar-refractivity contribution is 5.75. The van der Waals surface area contributed by atoms with Gasteiger partial charge in [0.1, 0.15) is 0 Å². The summed E-state index contributed by atoms with van der Waals surface area (Å²) in [6.45, 7) is 4.34. The monoisotopic (exact) mass is 235 g/mol. The molecule has 0 radical (unpaired) electrons. The Bertz CT molecular complexity index is 346. The van der Waals surface area contributed by atoms with Crippen LogP contribution >= 0.6 is 0 Å². The van der Waals surface area contributed by atoms with Gasteiger partial charge in [0.2, 0.25) is 5.91 Å². The van der Waals surface area contributed by atoms with Crippen LogP contribution in [0, 0.1) is 6.92 Å². The molecule has 0 saturated heterocycles. The Hall–Kier alpha value is -1.35. The first kappa shape index (κ1) is 13.7. The Morgan fingerprint density at radius 3 is 2.59 bits per heavy atom. The van der Waals surface area contributed by atoms with Crippen molar-refractivity contribution in [2.45, 2.75) is 39.2 Å². The van der Waals surface area contributed by atoms with Crippen molar-refractivity contribution < 1.29 is 9.90 Å². The summed E-state index contributed by atoms with van der Waals surface area (Å²) in [7, 11) is 0. The number of carbonyl (C=O) groups excluding carboxylic acids is 1. The number of hydrogen-bond donors (Lipinski definition) is 2. The van der Waals surface area contributed by atoms with E-state index in [1.165, 1.54) is 0 Å². The number of carbonyl (C=O) groups is 1. The molecule has 3 heteroatoms. The predicted octanol–water partition coefficient (Wildman–Crippen LogP) is 2.33. The molecule has 1 unspecified atom stereocenters. The maximum atomic E-state index is 11.4. The van der Waals surface area contributed by atoms with E-state index in [0.717, 1.165) is 24.0 Å². The molecule has 0 fully saturated rings. The Kier molecular flexibility index (Phi) is 5.70. The maximum absolute atomic E-state index is 11.4. The number of benzene rings is 1. The van der Waals surface area contributed by atoms with Gasteiger partial charge in [0, 0.05) is 13.0 Å². The Balaban J connectivity index is 2.36. The molecule has 1 atom stereocenters. The summed E-state index contributed by atoms with van der Waals surface area (Å²) in [6, 6.07) is 7.69. The summed E-state index contributed by atoms with van der Waals surface area (Å²) in [5.74, 6) is 0.0120. The van der Waals surface area contributed by atoms with Crippen LogP contribution in [0.5, 0.6) is 0 Å². The minimum atomic E-state index is -0.624. The van der Waals surface area contributed by atoms with Gasteiger partial charge in [-0.05, 0) is 18.9 Å². The van der Waals surface area contributed by atoms with Gasteiger partial charge in [-0.15, -0.1) is 0 Å². The number of aliphatic hydroxyl groups excluding tert-OH is 1. The summed E-state index contributed by atoms with van der Waals surface area (Å²) < 4.78 is 0. The molecule has 0 spiro atoms. The van der Waals surface area contributed by atoms with E-state index < -0.39 is 6.10 Å². The predicted molar refractivity (Wildman–Crippen MR) is 68.7 cm³/mol. The number of aryl methyl sites for hydroxylation is 1. The first-order valence-corrected chi connectivity index (χ1v) is 6.14. The molecule has 0 heterocycles. The Morgan fingerprint density at radius 1 is 1.35 bits per heavy atom. The summed E-state index contributed by atoms with van der Waals surface area (Å²) in [5, 5.41) is 12.6. The first-order valence-electron chi connectivity index (χ1n) is 6.14. The zero-order chi connectivity index (χ0) is 12.7. The van der Waals surface area contributed by atoms with Gasteiger partial charge in [0.15, 0.2) is 0 Å². The van der Waals surface area contributed by atoms with Crippen LogP contribution in [0.25, 0.3) is 0 Å². The quantitative estimate of drug-likeness (QED) is 0.795. The number of hydrogen-bond acceptors (Lipinski definition) is 2. The van der Waals surface area contributed by atoms with Crippen molar-refractivity contribution in [2.24, 2.45) is 0 Å². The smallest absolute Gasteiger partial charge is 0.220 e. The molecular formula is C14H21NO2. The molecule has 0 aliphatic rings. The third kappa shape index (κ3) is 5.00. The van der Waals surface area contributed by atoms with E-state index in [4.69, 9.17) is 0 Å². The molecule has 3 nitrogen and oxygen atoms in total. The zero-order valence-corrected chi connectivity index (χ0v) is 10.6. The second-order valence-corrected chi connectivity index (χ2v) is 4.33. The number of aliphatic hydroxyl groups is 1. The lowest BCUT2D eigenvalue weighted by atomic mass is 10.1. The van der Waals surface area contributed by atoms with E-state index in [2.05, 4.69) is 12.2 Å². The van der Waals surface area contributed by atoms with Gasteiger partial charge in [-0.1, -0.05) is 43.2 Å². The van der Waals surface area contributed by atoms with Crippen LogP contribution in [-0.4, -0.2) is 17.6 Å². The van der Waals surface area contributed by atoms with E-state index in [9.17, 15) is 9.90 Å². The molecule has 1 aromatic carbocycles. The maximum Gasteiger partial charge on any atom is 0.220 e. The van der Waals surface area contributed by atoms with E-state index in [-0.39, 0.29) is 12.5 Å². The molecule has 0 aliphatic heterocycles. The lowest BCUT2D eigenvalue weighted by Crippen LogP contribution is -2.28. The van der Waals surface area contributed by atoms with Gasteiger partial charge < -0.3 is 10.4 Å². The zero-order valence-electron chi connectivity index (χ0n) is 10.6. The lowest BCUT2D eigenvalue weighted by molar-refractivity contribution is -0.121. The topological polar surface area (TPSA) is 49.3 Å². The highest BCUT2D eigenvalue weighted by Gasteiger charge is 2.08. The fourth-order valence-electron chi connectivity index (χ4n) is 1.54. The van der Waals surface area contributed by atoms with Crippen LogP contribution in [-0.2, 0) is 4.79 Å². The average Bonchev–Trinajstić information content (AvgIpc) is 2.34. The molecule has 1 rings (SSSR count). The third-order valence-electron chi connectivity index (χ3n) is 2.71. The van der Waals surface area contributed by atoms with Crippen LogP contribution in [0.3, 0.4) is 0 Å². The number of rotatable bonds is 6. The third-order valence-corrected chi connectivity index (χ3v) is 2.71. The Morgan fingerprint density at radius 2 is 2.00 bits per heavy atom. The van der Waals surface area contributed by atoms with Crippen molar-refractivity contribution in [3.8, 4) is 0 Å². The number of unbranched alkanes of at least 4 members (excludes halogenated alkanes) is 1. The van der Waals surface area contributed by atoms with Gasteiger partial charge in [0.05, 0.1) is 6.10 Å². The van der Waals surface area contributed by atoms with Gasteiger partial charge in [-0.25, -0.2) is 0 Å². The molecule has 17 heavy (non-hydrogen) atoms. The SMILES string of the molecule is CCCCC(=O)NCC(O)c1ccc(C)cc1. The van der Waals surface area contributed by atoms with Crippen LogP contribution in [0.1, 0.15) is 43.4 Å². The molecule has 94 valence electrons. The van der Waals surface area contributed by atoms with Crippen LogP contribution in [0.15, 0.2) is 24.3 Å². The standard InChI is InChI=1S/C14H21NO2/c1-3-4-5-14(17)15-10-13(16)12-8-6-11(2)7-9-12/h6-9,13,16H,3-5,10H2,1-2H3,(H,15,17). The van der Waals surface area contributed by atoms with Crippen molar-refractivity contribution >= 4 is 5.91 Å². The summed E-state index contributed by atoms with van der Waals surface area (Å²) in [5.41, 5.74) is 2.00. The van der Waals surface area contributed by atoms with Gasteiger partial charge in [-0.3, -0.25) is 4.79 Å². The minimum Gasteiger partial charge on any atom is -0.387 e. The second-order valence-electron chi connectivity index (χ2n) is 4.33. The average molecular weight is 235 g/mol. The van der Waals surface area contributed by atoms with Gasteiger partial charge in [0.25, 0.3) is 0 Å². The molecule has 1 aromatic rings. The van der Waals surface area contributed by atoms with Crippen LogP contribution in [0.2, 0.25) is 0 Å². The normalized spacial score (nSPS) is 12.2. The van der Waals surface area contributed by atoms with Crippen molar-refractivity contribution in [2.75, 3.05) is 6.54 Å². The number of amides is 1. The molecule has 2 N–H and O–H groups in total. The van der Waals surface area contributed by atoms with Crippen molar-refractivity contribution in [1.82, 2.24) is 5.32 Å². The van der Waals surface area contributed by atoms with E-state index in [0.29, 0.717) is 6.42 Å². The van der Waals surface area contributed by atoms with Crippen LogP contribution < -0.4 is 5.32 Å². The molecular weight excluding hydrogens is 214 g/mol. The van der Waals surface area contributed by atoms with Crippen molar-refractivity contribution in [3.05, 3.63) is 35.4 Å². The highest BCUT2D eigenvalue weighted by atomic mass is 16.3. The first-order chi connectivity index (χ1) is 8.13. The lowest BCUT2D eigenvalue weighted by Gasteiger charge is -2.12.